The van der Waals surface area contributed by atoms with Gasteiger partial charge < -0.3 is 19.5 Å². The van der Waals surface area contributed by atoms with Crippen LogP contribution >= 0.6 is 0 Å². The molecule has 0 bridgehead atoms. The van der Waals surface area contributed by atoms with E-state index in [-0.39, 0.29) is 0 Å². The van der Waals surface area contributed by atoms with E-state index in [1.807, 2.05) is 6.92 Å². The Kier molecular flexibility index (Phi) is 7.25. The third-order valence-corrected chi connectivity index (χ3v) is 3.96. The van der Waals surface area contributed by atoms with Crippen molar-refractivity contribution in [2.24, 2.45) is 0 Å². The van der Waals surface area contributed by atoms with Gasteiger partial charge in [0.05, 0.1) is 12.3 Å². The van der Waals surface area contributed by atoms with Crippen molar-refractivity contribution in [2.75, 3.05) is 25.1 Å². The Hall–Kier alpha value is -2.77. The van der Waals surface area contributed by atoms with Crippen LogP contribution in [0.2, 0.25) is 0 Å². The molecule has 28 heavy (non-hydrogen) atoms. The first-order chi connectivity index (χ1) is 13.2. The third kappa shape index (κ3) is 6.14. The van der Waals surface area contributed by atoms with Crippen LogP contribution in [0, 0.1) is 0 Å². The Morgan fingerprint density at radius 2 is 1.93 bits per heavy atom. The maximum absolute atomic E-state index is 12.4. The van der Waals surface area contributed by atoms with E-state index in [1.54, 1.807) is 45.0 Å². The van der Waals surface area contributed by atoms with Crippen LogP contribution in [0.5, 0.6) is 5.75 Å². The minimum Gasteiger partial charge on any atom is -0.492 e. The number of anilines is 1. The molecule has 1 aromatic rings. The Morgan fingerprint density at radius 1 is 1.21 bits per heavy atom. The molecule has 8 nitrogen and oxygen atoms in total. The highest BCUT2D eigenvalue weighted by Gasteiger charge is 2.37. The zero-order chi connectivity index (χ0) is 20.7. The second kappa shape index (κ2) is 9.43. The number of carbonyl (C=O) groups is 3. The Bertz CT molecular complexity index is 713. The molecule has 1 heterocycles. The molecule has 154 valence electrons. The van der Waals surface area contributed by atoms with Gasteiger partial charge in [-0.15, -0.1) is 0 Å². The standard InChI is InChI=1S/C20H28N2O6/c1-5-26-16-11-7-6-9-14(16)21-17(23)13-27-18(24)15-10-8-12-22(15)19(25)28-20(2,3)4/h6-7,9,11,15H,5,8,10,12-13H2,1-4H3,(H,21,23)/t15-/m0/s1. The molecule has 1 fully saturated rings. The van der Waals surface area contributed by atoms with Gasteiger partial charge in [0.25, 0.3) is 5.91 Å². The summed E-state index contributed by atoms with van der Waals surface area (Å²) in [6.07, 6.45) is 0.599. The Balaban J connectivity index is 1.89. The molecular formula is C20H28N2O6. The zero-order valence-electron chi connectivity index (χ0n) is 16.8. The number of hydrogen-bond acceptors (Lipinski definition) is 6. The van der Waals surface area contributed by atoms with Crippen molar-refractivity contribution in [1.82, 2.24) is 4.90 Å². The van der Waals surface area contributed by atoms with E-state index in [2.05, 4.69) is 5.32 Å². The average molecular weight is 392 g/mol. The number of benzene rings is 1. The number of para-hydroxylation sites is 2. The summed E-state index contributed by atoms with van der Waals surface area (Å²) < 4.78 is 15.9. The van der Waals surface area contributed by atoms with E-state index in [0.29, 0.717) is 37.4 Å². The van der Waals surface area contributed by atoms with Crippen LogP contribution in [0.15, 0.2) is 24.3 Å². The van der Waals surface area contributed by atoms with Crippen LogP contribution in [-0.4, -0.2) is 54.3 Å². The highest BCUT2D eigenvalue weighted by molar-refractivity contribution is 5.94. The molecular weight excluding hydrogens is 364 g/mol. The van der Waals surface area contributed by atoms with Crippen LogP contribution in [0.4, 0.5) is 10.5 Å². The van der Waals surface area contributed by atoms with Gasteiger partial charge in [0.1, 0.15) is 17.4 Å². The summed E-state index contributed by atoms with van der Waals surface area (Å²) in [5.41, 5.74) is -0.149. The van der Waals surface area contributed by atoms with Crippen molar-refractivity contribution < 1.29 is 28.6 Å². The van der Waals surface area contributed by atoms with E-state index in [4.69, 9.17) is 14.2 Å². The lowest BCUT2D eigenvalue weighted by Gasteiger charge is -2.27. The van der Waals surface area contributed by atoms with Crippen molar-refractivity contribution in [3.05, 3.63) is 24.3 Å². The molecule has 2 amide bonds. The molecule has 2 rings (SSSR count). The fourth-order valence-electron chi connectivity index (χ4n) is 2.82. The molecule has 1 N–H and O–H groups in total. The number of hydrogen-bond donors (Lipinski definition) is 1. The number of ether oxygens (including phenoxy) is 3. The van der Waals surface area contributed by atoms with Crippen molar-refractivity contribution in [3.8, 4) is 5.75 Å². The highest BCUT2D eigenvalue weighted by Crippen LogP contribution is 2.24. The fourth-order valence-corrected chi connectivity index (χ4v) is 2.82. The maximum atomic E-state index is 12.4. The van der Waals surface area contributed by atoms with Gasteiger partial charge in [-0.1, -0.05) is 12.1 Å². The summed E-state index contributed by atoms with van der Waals surface area (Å²) in [6.45, 7) is 7.57. The first kappa shape index (κ1) is 21.5. The molecule has 0 unspecified atom stereocenters. The van der Waals surface area contributed by atoms with Gasteiger partial charge in [0.2, 0.25) is 0 Å². The lowest BCUT2D eigenvalue weighted by molar-refractivity contribution is -0.151. The number of esters is 1. The van der Waals surface area contributed by atoms with E-state index >= 15 is 0 Å². The van der Waals surface area contributed by atoms with Gasteiger partial charge in [-0.05, 0) is 52.7 Å². The summed E-state index contributed by atoms with van der Waals surface area (Å²) >= 11 is 0. The Labute approximate surface area is 165 Å². The topological polar surface area (TPSA) is 94.2 Å². The quantitative estimate of drug-likeness (QED) is 0.748. The average Bonchev–Trinajstić information content (AvgIpc) is 3.10. The summed E-state index contributed by atoms with van der Waals surface area (Å²) in [5, 5.41) is 2.66. The van der Waals surface area contributed by atoms with E-state index < -0.39 is 36.2 Å². The molecule has 1 atom stereocenters. The summed E-state index contributed by atoms with van der Waals surface area (Å²) in [5.74, 6) is -0.560. The minimum atomic E-state index is -0.738. The fraction of sp³-hybridized carbons (Fsp3) is 0.550. The predicted octanol–water partition coefficient (Wildman–Crippen LogP) is 2.97. The normalized spacial score (nSPS) is 16.4. The zero-order valence-corrected chi connectivity index (χ0v) is 16.8. The maximum Gasteiger partial charge on any atom is 0.411 e. The Morgan fingerprint density at radius 3 is 2.61 bits per heavy atom. The highest BCUT2D eigenvalue weighted by atomic mass is 16.6. The number of nitrogens with one attached hydrogen (secondary N) is 1. The van der Waals surface area contributed by atoms with Crippen LogP contribution in [-0.2, 0) is 19.1 Å². The largest absolute Gasteiger partial charge is 0.492 e. The SMILES string of the molecule is CCOc1ccccc1NC(=O)COC(=O)[C@@H]1CCCN1C(=O)OC(C)(C)C. The summed E-state index contributed by atoms with van der Waals surface area (Å²) in [4.78, 5) is 38.1. The van der Waals surface area contributed by atoms with Crippen LogP contribution in [0.3, 0.4) is 0 Å². The molecule has 1 aliphatic rings. The smallest absolute Gasteiger partial charge is 0.411 e. The monoisotopic (exact) mass is 392 g/mol. The first-order valence-electron chi connectivity index (χ1n) is 9.39. The molecule has 0 aliphatic carbocycles. The number of rotatable bonds is 6. The first-order valence-corrected chi connectivity index (χ1v) is 9.39. The molecule has 8 heteroatoms. The van der Waals surface area contributed by atoms with E-state index in [9.17, 15) is 14.4 Å². The number of amides is 2. The minimum absolute atomic E-state index is 0.419. The van der Waals surface area contributed by atoms with E-state index in [0.717, 1.165) is 0 Å². The molecule has 1 aromatic carbocycles. The van der Waals surface area contributed by atoms with Gasteiger partial charge in [0, 0.05) is 6.54 Å². The van der Waals surface area contributed by atoms with Crippen LogP contribution in [0.1, 0.15) is 40.5 Å². The van der Waals surface area contributed by atoms with Gasteiger partial charge >= 0.3 is 12.1 Å². The van der Waals surface area contributed by atoms with Crippen molar-refractivity contribution in [3.63, 3.8) is 0 Å². The van der Waals surface area contributed by atoms with Crippen LogP contribution in [0.25, 0.3) is 0 Å². The second-order valence-corrected chi connectivity index (χ2v) is 7.42. The van der Waals surface area contributed by atoms with Crippen molar-refractivity contribution >= 4 is 23.7 Å². The summed E-state index contributed by atoms with van der Waals surface area (Å²) in [6, 6.07) is 6.26. The number of carbonyl (C=O) groups excluding carboxylic acids is 3. The van der Waals surface area contributed by atoms with Crippen molar-refractivity contribution in [1.29, 1.82) is 0 Å². The van der Waals surface area contributed by atoms with Crippen molar-refractivity contribution in [2.45, 2.75) is 52.2 Å². The summed E-state index contributed by atoms with van der Waals surface area (Å²) in [7, 11) is 0. The third-order valence-electron chi connectivity index (χ3n) is 3.96. The number of nitrogens with zero attached hydrogens (tertiary/aromatic N) is 1. The van der Waals surface area contributed by atoms with Gasteiger partial charge in [-0.25, -0.2) is 9.59 Å². The molecule has 0 spiro atoms. The number of likely N-dealkylation sites (tertiary alicyclic amines) is 1. The molecule has 0 aromatic heterocycles. The molecule has 1 saturated heterocycles. The van der Waals surface area contributed by atoms with Gasteiger partial charge in [0.15, 0.2) is 6.61 Å². The second-order valence-electron chi connectivity index (χ2n) is 7.42. The van der Waals surface area contributed by atoms with Gasteiger partial charge in [-0.3, -0.25) is 9.69 Å². The molecule has 0 saturated carbocycles. The van der Waals surface area contributed by atoms with E-state index in [1.165, 1.54) is 4.90 Å². The van der Waals surface area contributed by atoms with Crippen LogP contribution < -0.4 is 10.1 Å². The predicted molar refractivity (Wildman–Crippen MR) is 103 cm³/mol. The lowest BCUT2D eigenvalue weighted by Crippen LogP contribution is -2.44. The lowest BCUT2D eigenvalue weighted by atomic mass is 10.2. The molecule has 0 radical (unpaired) electrons. The molecule has 1 aliphatic heterocycles. The van der Waals surface area contributed by atoms with Gasteiger partial charge in [-0.2, -0.15) is 0 Å².